The largest absolute Gasteiger partial charge is 0.494 e. The maximum atomic E-state index is 11.8. The van der Waals surface area contributed by atoms with E-state index in [2.05, 4.69) is 20.2 Å². The van der Waals surface area contributed by atoms with Crippen LogP contribution in [0, 0.1) is 10.1 Å². The molecular weight excluding hydrogens is 364 g/mol. The molecule has 0 saturated carbocycles. The highest BCUT2D eigenvalue weighted by Crippen LogP contribution is 2.34. The first-order valence-electron chi connectivity index (χ1n) is 9.19. The van der Waals surface area contributed by atoms with E-state index >= 15 is 0 Å². The number of nitro groups is 1. The molecule has 0 aliphatic carbocycles. The first kappa shape index (κ1) is 19.8. The van der Waals surface area contributed by atoms with Gasteiger partial charge in [-0.3, -0.25) is 15.0 Å². The number of hydrogen-bond donors (Lipinski definition) is 2. The normalized spacial score (nSPS) is 14.7. The Labute approximate surface area is 162 Å². The minimum atomic E-state index is -0.452. The number of piperazine rings is 1. The molecule has 150 valence electrons. The van der Waals surface area contributed by atoms with E-state index in [1.165, 1.54) is 6.33 Å². The van der Waals surface area contributed by atoms with Crippen LogP contribution in [-0.2, 0) is 0 Å². The number of benzene rings is 1. The molecule has 28 heavy (non-hydrogen) atoms. The van der Waals surface area contributed by atoms with E-state index in [9.17, 15) is 10.1 Å². The Hall–Kier alpha value is -2.98. The molecule has 10 nitrogen and oxygen atoms in total. The van der Waals surface area contributed by atoms with Gasteiger partial charge in [0, 0.05) is 38.4 Å². The second-order valence-electron chi connectivity index (χ2n) is 6.29. The Bertz CT molecular complexity index is 793. The van der Waals surface area contributed by atoms with Crippen molar-refractivity contribution in [3.63, 3.8) is 0 Å². The topological polar surface area (TPSA) is 117 Å². The van der Waals surface area contributed by atoms with E-state index in [0.717, 1.165) is 5.75 Å². The van der Waals surface area contributed by atoms with Gasteiger partial charge in [0.1, 0.15) is 12.1 Å². The van der Waals surface area contributed by atoms with Crippen LogP contribution >= 0.6 is 0 Å². The summed E-state index contributed by atoms with van der Waals surface area (Å²) >= 11 is 0. The summed E-state index contributed by atoms with van der Waals surface area (Å²) in [6, 6.07) is 7.15. The fraction of sp³-hybridized carbons (Fsp3) is 0.444. The summed E-state index contributed by atoms with van der Waals surface area (Å²) in [5, 5.41) is 23.9. The van der Waals surface area contributed by atoms with Crippen LogP contribution < -0.4 is 15.0 Å². The van der Waals surface area contributed by atoms with Gasteiger partial charge >= 0.3 is 5.69 Å². The van der Waals surface area contributed by atoms with Crippen LogP contribution in [0.5, 0.6) is 5.75 Å². The average Bonchev–Trinajstić information content (AvgIpc) is 2.70. The molecule has 1 saturated heterocycles. The standard InChI is InChI=1S/C18H24N6O4/c1-2-28-15-5-3-14(4-6-15)21-17-16(24(26)27)18(20-13-19-17)23-9-7-22(8-10-23)11-12-25/h3-6,13,25H,2,7-12H2,1H3,(H,19,20,21). The molecule has 1 aromatic carbocycles. The predicted octanol–water partition coefficient (Wildman–Crippen LogP) is 1.64. The van der Waals surface area contributed by atoms with E-state index < -0.39 is 4.92 Å². The molecular formula is C18H24N6O4. The lowest BCUT2D eigenvalue weighted by Gasteiger charge is -2.34. The van der Waals surface area contributed by atoms with Crippen molar-refractivity contribution in [1.82, 2.24) is 14.9 Å². The number of aliphatic hydroxyl groups is 1. The van der Waals surface area contributed by atoms with E-state index in [1.54, 1.807) is 24.3 Å². The number of nitrogens with one attached hydrogen (secondary N) is 1. The van der Waals surface area contributed by atoms with Gasteiger partial charge in [-0.25, -0.2) is 9.97 Å². The third kappa shape index (κ3) is 4.65. The van der Waals surface area contributed by atoms with Gasteiger partial charge in [0.15, 0.2) is 0 Å². The number of hydrogen-bond acceptors (Lipinski definition) is 9. The number of rotatable bonds is 8. The molecule has 1 aromatic heterocycles. The second kappa shape index (κ2) is 9.29. The fourth-order valence-electron chi connectivity index (χ4n) is 3.12. The Balaban J connectivity index is 1.81. The van der Waals surface area contributed by atoms with Crippen LogP contribution in [0.25, 0.3) is 0 Å². The van der Waals surface area contributed by atoms with E-state index in [1.807, 2.05) is 11.8 Å². The number of aromatic nitrogens is 2. The first-order valence-corrected chi connectivity index (χ1v) is 9.19. The van der Waals surface area contributed by atoms with Crippen LogP contribution in [0.15, 0.2) is 30.6 Å². The highest BCUT2D eigenvalue weighted by molar-refractivity contribution is 5.74. The maximum Gasteiger partial charge on any atom is 0.353 e. The van der Waals surface area contributed by atoms with Gasteiger partial charge in [-0.1, -0.05) is 0 Å². The minimum absolute atomic E-state index is 0.101. The fourth-order valence-corrected chi connectivity index (χ4v) is 3.12. The Morgan fingerprint density at radius 1 is 1.21 bits per heavy atom. The Kier molecular flexibility index (Phi) is 6.56. The highest BCUT2D eigenvalue weighted by Gasteiger charge is 2.29. The molecule has 2 aromatic rings. The monoisotopic (exact) mass is 388 g/mol. The summed E-state index contributed by atoms with van der Waals surface area (Å²) in [4.78, 5) is 23.6. The van der Waals surface area contributed by atoms with E-state index in [0.29, 0.717) is 50.8 Å². The Morgan fingerprint density at radius 3 is 2.54 bits per heavy atom. The van der Waals surface area contributed by atoms with Crippen LogP contribution in [0.2, 0.25) is 0 Å². The van der Waals surface area contributed by atoms with Crippen LogP contribution in [0.1, 0.15) is 6.92 Å². The van der Waals surface area contributed by atoms with Crippen LogP contribution in [0.3, 0.4) is 0 Å². The van der Waals surface area contributed by atoms with Crippen molar-refractivity contribution in [2.24, 2.45) is 0 Å². The summed E-state index contributed by atoms with van der Waals surface area (Å²) in [6.07, 6.45) is 1.33. The number of anilines is 3. The van der Waals surface area contributed by atoms with Crippen molar-refractivity contribution in [3.8, 4) is 5.75 Å². The number of nitrogens with zero attached hydrogens (tertiary/aromatic N) is 5. The molecule has 1 aliphatic rings. The van der Waals surface area contributed by atoms with Crippen LogP contribution in [0.4, 0.5) is 23.0 Å². The zero-order valence-corrected chi connectivity index (χ0v) is 15.7. The van der Waals surface area contributed by atoms with Gasteiger partial charge in [-0.2, -0.15) is 0 Å². The van der Waals surface area contributed by atoms with Gasteiger partial charge in [0.25, 0.3) is 0 Å². The molecule has 1 fully saturated rings. The minimum Gasteiger partial charge on any atom is -0.494 e. The van der Waals surface area contributed by atoms with E-state index in [4.69, 9.17) is 9.84 Å². The third-order valence-corrected chi connectivity index (χ3v) is 4.50. The zero-order chi connectivity index (χ0) is 19.9. The number of aliphatic hydroxyl groups excluding tert-OH is 1. The number of ether oxygens (including phenoxy) is 1. The van der Waals surface area contributed by atoms with Crippen molar-refractivity contribution in [2.75, 3.05) is 56.2 Å². The van der Waals surface area contributed by atoms with Gasteiger partial charge in [0.05, 0.1) is 18.1 Å². The molecule has 2 heterocycles. The lowest BCUT2D eigenvalue weighted by molar-refractivity contribution is -0.383. The van der Waals surface area contributed by atoms with Crippen molar-refractivity contribution < 1.29 is 14.8 Å². The lowest BCUT2D eigenvalue weighted by Crippen LogP contribution is -2.47. The van der Waals surface area contributed by atoms with Gasteiger partial charge < -0.3 is 20.1 Å². The van der Waals surface area contributed by atoms with E-state index in [-0.39, 0.29) is 18.1 Å². The first-order chi connectivity index (χ1) is 13.6. The molecule has 1 aliphatic heterocycles. The molecule has 0 spiro atoms. The number of β-amino-alcohol motifs (C(OH)–C–C–N with tert-alkyl or cyclic N) is 1. The molecule has 0 unspecified atom stereocenters. The molecule has 2 N–H and O–H groups in total. The highest BCUT2D eigenvalue weighted by atomic mass is 16.6. The third-order valence-electron chi connectivity index (χ3n) is 4.50. The smallest absolute Gasteiger partial charge is 0.353 e. The molecule has 3 rings (SSSR count). The van der Waals surface area contributed by atoms with Gasteiger partial charge in [-0.05, 0) is 31.2 Å². The van der Waals surface area contributed by atoms with Crippen molar-refractivity contribution >= 4 is 23.0 Å². The zero-order valence-electron chi connectivity index (χ0n) is 15.7. The second-order valence-corrected chi connectivity index (χ2v) is 6.29. The quantitative estimate of drug-likeness (QED) is 0.514. The predicted molar refractivity (Wildman–Crippen MR) is 105 cm³/mol. The van der Waals surface area contributed by atoms with Crippen molar-refractivity contribution in [3.05, 3.63) is 40.7 Å². The summed E-state index contributed by atoms with van der Waals surface area (Å²) in [7, 11) is 0. The maximum absolute atomic E-state index is 11.8. The molecule has 10 heteroatoms. The summed E-state index contributed by atoms with van der Waals surface area (Å²) in [5.41, 5.74) is 0.524. The van der Waals surface area contributed by atoms with Crippen LogP contribution in [-0.4, -0.2) is 70.8 Å². The lowest BCUT2D eigenvalue weighted by atomic mass is 10.2. The SMILES string of the molecule is CCOc1ccc(Nc2ncnc(N3CCN(CCO)CC3)c2[N+](=O)[O-])cc1. The van der Waals surface area contributed by atoms with Crippen molar-refractivity contribution in [2.45, 2.75) is 6.92 Å². The molecule has 0 amide bonds. The summed E-state index contributed by atoms with van der Waals surface area (Å²) in [5.74, 6) is 1.18. The molecule has 0 atom stereocenters. The van der Waals surface area contributed by atoms with Gasteiger partial charge in [-0.15, -0.1) is 0 Å². The van der Waals surface area contributed by atoms with Crippen molar-refractivity contribution in [1.29, 1.82) is 0 Å². The molecule has 0 bridgehead atoms. The van der Waals surface area contributed by atoms with Gasteiger partial charge in [0.2, 0.25) is 11.6 Å². The summed E-state index contributed by atoms with van der Waals surface area (Å²) < 4.78 is 5.41. The average molecular weight is 388 g/mol. The molecule has 0 radical (unpaired) electrons. The Morgan fingerprint density at radius 2 is 1.93 bits per heavy atom. The summed E-state index contributed by atoms with van der Waals surface area (Å²) in [6.45, 7) is 5.79.